The molecule has 0 aliphatic rings. The lowest BCUT2D eigenvalue weighted by atomic mass is 10.2. The van der Waals surface area contributed by atoms with Gasteiger partial charge in [0.2, 0.25) is 0 Å². The van der Waals surface area contributed by atoms with Crippen LogP contribution in [0.1, 0.15) is 34.2 Å². The van der Waals surface area contributed by atoms with E-state index in [-0.39, 0.29) is 5.69 Å². The number of pyridine rings is 1. The summed E-state index contributed by atoms with van der Waals surface area (Å²) in [5, 5.41) is 2.73. The topological polar surface area (TPSA) is 46.4 Å². The zero-order chi connectivity index (χ0) is 19.1. The highest BCUT2D eigenvalue weighted by Crippen LogP contribution is 2.30. The average molecular weight is 426 g/mol. The fourth-order valence-electron chi connectivity index (χ4n) is 2.61. The van der Waals surface area contributed by atoms with Crippen LogP contribution in [-0.4, -0.2) is 15.3 Å². The first-order chi connectivity index (χ1) is 12.2. The summed E-state index contributed by atoms with van der Waals surface area (Å²) in [5.41, 5.74) is 1.54. The zero-order valence-corrected chi connectivity index (χ0v) is 15.6. The van der Waals surface area contributed by atoms with E-state index < -0.39 is 17.6 Å². The maximum Gasteiger partial charge on any atom is 0.417 e. The van der Waals surface area contributed by atoms with Gasteiger partial charge < -0.3 is 5.32 Å². The summed E-state index contributed by atoms with van der Waals surface area (Å²) in [6.07, 6.45) is -3.18. The Labute approximate surface area is 156 Å². The van der Waals surface area contributed by atoms with E-state index in [0.29, 0.717) is 23.4 Å². The van der Waals surface area contributed by atoms with Crippen molar-refractivity contribution in [2.24, 2.45) is 0 Å². The van der Waals surface area contributed by atoms with Crippen molar-refractivity contribution in [3.8, 4) is 0 Å². The number of nitrogens with zero attached hydrogens (tertiary/aromatic N) is 2. The fraction of sp³-hybridized carbons (Fsp3) is 0.222. The predicted molar refractivity (Wildman–Crippen MR) is 96.4 cm³/mol. The molecular formula is C18H15BrF3N3O. The number of carbonyl (C=O) groups excluding carboxylic acids is 1. The highest BCUT2D eigenvalue weighted by molar-refractivity contribution is 9.10. The second kappa shape index (κ2) is 6.75. The molecule has 26 heavy (non-hydrogen) atoms. The fourth-order valence-corrected chi connectivity index (χ4v) is 2.99. The molecule has 0 atom stereocenters. The SMILES string of the molecule is CCc1nc2ccc(C(F)(F)F)cn2c1C(=O)Nc1ccc(C)c(Br)c1. The van der Waals surface area contributed by atoms with Crippen molar-refractivity contribution in [1.29, 1.82) is 0 Å². The highest BCUT2D eigenvalue weighted by Gasteiger charge is 2.31. The van der Waals surface area contributed by atoms with Crippen LogP contribution in [0, 0.1) is 6.92 Å². The van der Waals surface area contributed by atoms with E-state index in [4.69, 9.17) is 0 Å². The van der Waals surface area contributed by atoms with Crippen LogP contribution in [0.15, 0.2) is 41.0 Å². The normalized spacial score (nSPS) is 11.8. The van der Waals surface area contributed by atoms with Gasteiger partial charge in [-0.1, -0.05) is 28.9 Å². The Morgan fingerprint density at radius 1 is 1.27 bits per heavy atom. The lowest BCUT2D eigenvalue weighted by Crippen LogP contribution is -2.17. The Bertz CT molecular complexity index is 995. The van der Waals surface area contributed by atoms with Gasteiger partial charge in [0.15, 0.2) is 0 Å². The van der Waals surface area contributed by atoms with Gasteiger partial charge in [0.1, 0.15) is 11.3 Å². The van der Waals surface area contributed by atoms with E-state index in [9.17, 15) is 18.0 Å². The molecule has 0 unspecified atom stereocenters. The summed E-state index contributed by atoms with van der Waals surface area (Å²) in [6, 6.07) is 7.52. The third-order valence-electron chi connectivity index (χ3n) is 4.00. The molecule has 0 radical (unpaired) electrons. The maximum atomic E-state index is 13.0. The molecule has 0 saturated carbocycles. The van der Waals surface area contributed by atoms with Gasteiger partial charge >= 0.3 is 6.18 Å². The first kappa shape index (κ1) is 18.4. The van der Waals surface area contributed by atoms with Gasteiger partial charge in [-0.05, 0) is 43.2 Å². The quantitative estimate of drug-likeness (QED) is 0.623. The van der Waals surface area contributed by atoms with Crippen LogP contribution in [-0.2, 0) is 12.6 Å². The average Bonchev–Trinajstić information content (AvgIpc) is 2.95. The molecule has 4 nitrogen and oxygen atoms in total. The molecule has 1 amide bonds. The van der Waals surface area contributed by atoms with Gasteiger partial charge in [-0.15, -0.1) is 0 Å². The molecule has 136 valence electrons. The van der Waals surface area contributed by atoms with Gasteiger partial charge in [-0.25, -0.2) is 4.98 Å². The summed E-state index contributed by atoms with van der Waals surface area (Å²) < 4.78 is 41.1. The molecule has 2 heterocycles. The molecule has 0 saturated heterocycles. The van der Waals surface area contributed by atoms with Gasteiger partial charge in [0.05, 0.1) is 11.3 Å². The highest BCUT2D eigenvalue weighted by atomic mass is 79.9. The van der Waals surface area contributed by atoms with Crippen LogP contribution in [0.3, 0.4) is 0 Å². The standard InChI is InChI=1S/C18H15BrF3N3O/c1-3-14-16(17(26)23-12-6-4-10(2)13(19)8-12)25-9-11(18(20,21)22)5-7-15(25)24-14/h4-9H,3H2,1-2H3,(H,23,26). The summed E-state index contributed by atoms with van der Waals surface area (Å²) in [5.74, 6) is -0.510. The second-order valence-corrected chi connectivity index (χ2v) is 6.68. The number of nitrogens with one attached hydrogen (secondary N) is 1. The molecule has 1 N–H and O–H groups in total. The van der Waals surface area contributed by atoms with E-state index in [1.807, 2.05) is 13.0 Å². The van der Waals surface area contributed by atoms with Crippen LogP contribution in [0.5, 0.6) is 0 Å². The lowest BCUT2D eigenvalue weighted by molar-refractivity contribution is -0.137. The molecule has 8 heteroatoms. The zero-order valence-electron chi connectivity index (χ0n) is 14.0. The van der Waals surface area contributed by atoms with Gasteiger partial charge in [-0.2, -0.15) is 13.2 Å². The lowest BCUT2D eigenvalue weighted by Gasteiger charge is -2.10. The van der Waals surface area contributed by atoms with E-state index in [0.717, 1.165) is 22.3 Å². The minimum Gasteiger partial charge on any atom is -0.321 e. The number of halogens is 4. The van der Waals surface area contributed by atoms with Crippen molar-refractivity contribution in [3.63, 3.8) is 0 Å². The number of benzene rings is 1. The first-order valence-electron chi connectivity index (χ1n) is 7.86. The number of anilines is 1. The second-order valence-electron chi connectivity index (χ2n) is 5.82. The number of alkyl halides is 3. The van der Waals surface area contributed by atoms with Crippen LogP contribution in [0.2, 0.25) is 0 Å². The van der Waals surface area contributed by atoms with Gasteiger partial charge in [-0.3, -0.25) is 9.20 Å². The largest absolute Gasteiger partial charge is 0.417 e. The van der Waals surface area contributed by atoms with Crippen molar-refractivity contribution in [1.82, 2.24) is 9.38 Å². The number of amides is 1. The molecule has 3 aromatic rings. The van der Waals surface area contributed by atoms with E-state index in [2.05, 4.69) is 26.2 Å². The number of hydrogen-bond donors (Lipinski definition) is 1. The molecule has 0 aliphatic heterocycles. The number of carbonyl (C=O) groups is 1. The summed E-state index contributed by atoms with van der Waals surface area (Å²) in [4.78, 5) is 17.0. The van der Waals surface area contributed by atoms with Crippen molar-refractivity contribution < 1.29 is 18.0 Å². The Hall–Kier alpha value is -2.35. The van der Waals surface area contributed by atoms with Crippen LogP contribution in [0.4, 0.5) is 18.9 Å². The monoisotopic (exact) mass is 425 g/mol. The van der Waals surface area contributed by atoms with Crippen molar-refractivity contribution in [2.75, 3.05) is 5.32 Å². The summed E-state index contributed by atoms with van der Waals surface area (Å²) in [6.45, 7) is 3.71. The molecular weight excluding hydrogens is 411 g/mol. The Morgan fingerprint density at radius 3 is 2.62 bits per heavy atom. The molecule has 1 aromatic carbocycles. The molecule has 0 spiro atoms. The van der Waals surface area contributed by atoms with Gasteiger partial charge in [0, 0.05) is 16.4 Å². The predicted octanol–water partition coefficient (Wildman–Crippen LogP) is 5.24. The minimum absolute atomic E-state index is 0.102. The van der Waals surface area contributed by atoms with Gasteiger partial charge in [0.25, 0.3) is 5.91 Å². The number of imidazole rings is 1. The Kier molecular flexibility index (Phi) is 4.79. The minimum atomic E-state index is -4.50. The van der Waals surface area contributed by atoms with E-state index in [1.54, 1.807) is 19.1 Å². The van der Waals surface area contributed by atoms with Crippen LogP contribution in [0.25, 0.3) is 5.65 Å². The number of rotatable bonds is 3. The third-order valence-corrected chi connectivity index (χ3v) is 4.85. The third kappa shape index (κ3) is 3.46. The van der Waals surface area contributed by atoms with Crippen LogP contribution < -0.4 is 5.32 Å². The smallest absolute Gasteiger partial charge is 0.321 e. The molecule has 0 fully saturated rings. The summed E-state index contributed by atoms with van der Waals surface area (Å²) in [7, 11) is 0. The van der Waals surface area contributed by atoms with Crippen LogP contribution >= 0.6 is 15.9 Å². The van der Waals surface area contributed by atoms with Crippen molar-refractivity contribution >= 4 is 33.2 Å². The van der Waals surface area contributed by atoms with Crippen molar-refractivity contribution in [3.05, 3.63) is 63.5 Å². The number of aromatic nitrogens is 2. The maximum absolute atomic E-state index is 13.0. The molecule has 0 bridgehead atoms. The molecule has 0 aliphatic carbocycles. The molecule has 3 rings (SSSR count). The Balaban J connectivity index is 2.06. The van der Waals surface area contributed by atoms with E-state index >= 15 is 0 Å². The number of aryl methyl sites for hydroxylation is 2. The van der Waals surface area contributed by atoms with E-state index in [1.165, 1.54) is 10.5 Å². The summed E-state index contributed by atoms with van der Waals surface area (Å²) >= 11 is 3.39. The molecule has 2 aromatic heterocycles. The number of fused-ring (bicyclic) bond motifs is 1. The van der Waals surface area contributed by atoms with Crippen molar-refractivity contribution in [2.45, 2.75) is 26.4 Å². The number of hydrogen-bond acceptors (Lipinski definition) is 2. The Morgan fingerprint density at radius 2 is 2.00 bits per heavy atom. The first-order valence-corrected chi connectivity index (χ1v) is 8.65.